The van der Waals surface area contributed by atoms with Crippen molar-refractivity contribution in [3.63, 3.8) is 0 Å². The number of amides is 1. The third kappa shape index (κ3) is 3.70. The molecule has 7 nitrogen and oxygen atoms in total. The van der Waals surface area contributed by atoms with Gasteiger partial charge in [-0.1, -0.05) is 18.2 Å². The number of hydrogen-bond donors (Lipinski definition) is 2. The Morgan fingerprint density at radius 1 is 1.14 bits per heavy atom. The lowest BCUT2D eigenvalue weighted by molar-refractivity contribution is -0.122. The van der Waals surface area contributed by atoms with E-state index in [0.29, 0.717) is 13.0 Å². The summed E-state index contributed by atoms with van der Waals surface area (Å²) in [4.78, 5) is 19.5. The Morgan fingerprint density at radius 3 is 3.03 bits per heavy atom. The molecule has 1 spiro atoms. The number of fused-ring (bicyclic) bond motifs is 2. The van der Waals surface area contributed by atoms with E-state index in [1.165, 1.54) is 0 Å². The largest absolute Gasteiger partial charge is 0.379 e. The van der Waals surface area contributed by atoms with Gasteiger partial charge in [-0.2, -0.15) is 5.10 Å². The average Bonchev–Trinajstić information content (AvgIpc) is 3.02. The highest BCUT2D eigenvalue weighted by molar-refractivity contribution is 5.79. The summed E-state index contributed by atoms with van der Waals surface area (Å²) in [6, 6.07) is 10.2. The van der Waals surface area contributed by atoms with Crippen molar-refractivity contribution in [2.24, 2.45) is 0 Å². The molecule has 0 aliphatic carbocycles. The third-order valence-corrected chi connectivity index (χ3v) is 6.17. The van der Waals surface area contributed by atoms with E-state index < -0.39 is 0 Å². The molecule has 1 atom stereocenters. The molecule has 4 heterocycles. The van der Waals surface area contributed by atoms with Gasteiger partial charge >= 0.3 is 0 Å². The zero-order valence-corrected chi connectivity index (χ0v) is 16.5. The first kappa shape index (κ1) is 18.1. The van der Waals surface area contributed by atoms with Gasteiger partial charge in [0.05, 0.1) is 6.20 Å². The minimum absolute atomic E-state index is 0.132. The Labute approximate surface area is 170 Å². The van der Waals surface area contributed by atoms with E-state index in [1.54, 1.807) is 0 Å². The van der Waals surface area contributed by atoms with E-state index in [1.807, 2.05) is 35.2 Å². The van der Waals surface area contributed by atoms with E-state index in [9.17, 15) is 4.79 Å². The van der Waals surface area contributed by atoms with Gasteiger partial charge in [0.1, 0.15) is 0 Å². The first-order valence-electron chi connectivity index (χ1n) is 10.3. The fourth-order valence-electron chi connectivity index (χ4n) is 4.63. The van der Waals surface area contributed by atoms with Crippen molar-refractivity contribution in [1.82, 2.24) is 24.8 Å². The van der Waals surface area contributed by atoms with Crippen molar-refractivity contribution in [1.29, 1.82) is 0 Å². The summed E-state index contributed by atoms with van der Waals surface area (Å²) in [7, 11) is 0. The Kier molecular flexibility index (Phi) is 4.67. The molecule has 2 N–H and O–H groups in total. The van der Waals surface area contributed by atoms with E-state index in [0.717, 1.165) is 61.4 Å². The number of carbonyl (C=O) groups excluding carboxylic acids is 1. The maximum absolute atomic E-state index is 12.5. The minimum Gasteiger partial charge on any atom is -0.379 e. The maximum Gasteiger partial charge on any atom is 0.222 e. The van der Waals surface area contributed by atoms with Gasteiger partial charge in [-0.25, -0.2) is 9.50 Å². The van der Waals surface area contributed by atoms with Gasteiger partial charge < -0.3 is 10.6 Å². The Hall–Kier alpha value is -2.93. The molecule has 0 bridgehead atoms. The van der Waals surface area contributed by atoms with Crippen LogP contribution in [-0.4, -0.2) is 44.0 Å². The number of hydrogen-bond acceptors (Lipinski definition) is 5. The number of aromatic nitrogens is 3. The number of anilines is 1. The minimum atomic E-state index is -0.200. The molecule has 0 saturated carbocycles. The molecular formula is C22H26N6O. The predicted molar refractivity (Wildman–Crippen MR) is 111 cm³/mol. The van der Waals surface area contributed by atoms with Gasteiger partial charge in [0.2, 0.25) is 5.91 Å². The normalized spacial score (nSPS) is 23.0. The highest BCUT2D eigenvalue weighted by Gasteiger charge is 2.36. The lowest BCUT2D eigenvalue weighted by Gasteiger charge is -2.37. The molecule has 0 radical (unpaired) electrons. The second kappa shape index (κ2) is 7.48. The van der Waals surface area contributed by atoms with Gasteiger partial charge in [0.15, 0.2) is 5.65 Å². The number of likely N-dealkylation sites (tertiary alicyclic amines) is 1. The summed E-state index contributed by atoms with van der Waals surface area (Å²) in [6.07, 6.45) is 9.15. The molecule has 5 rings (SSSR count). The molecule has 1 fully saturated rings. The number of rotatable bonds is 2. The van der Waals surface area contributed by atoms with Crippen LogP contribution in [0.3, 0.4) is 0 Å². The SMILES string of the molecule is O=C1C[C@]2(CCCN(Cc3cnn4cccnc34)CC2)Nc2ccccc2CN1. The molecule has 1 saturated heterocycles. The second-order valence-corrected chi connectivity index (χ2v) is 8.20. The van der Waals surface area contributed by atoms with Crippen LogP contribution in [0.2, 0.25) is 0 Å². The highest BCUT2D eigenvalue weighted by Crippen LogP contribution is 2.33. The monoisotopic (exact) mass is 390 g/mol. The molecule has 150 valence electrons. The van der Waals surface area contributed by atoms with Crippen molar-refractivity contribution in [2.45, 2.75) is 44.3 Å². The fraction of sp³-hybridized carbons (Fsp3) is 0.409. The number of benzene rings is 1. The van der Waals surface area contributed by atoms with Gasteiger partial charge in [-0.3, -0.25) is 9.69 Å². The van der Waals surface area contributed by atoms with E-state index in [-0.39, 0.29) is 11.4 Å². The zero-order chi connectivity index (χ0) is 19.7. The van der Waals surface area contributed by atoms with E-state index in [4.69, 9.17) is 0 Å². The molecule has 29 heavy (non-hydrogen) atoms. The first-order chi connectivity index (χ1) is 14.2. The molecule has 1 aromatic carbocycles. The molecule has 2 aliphatic rings. The van der Waals surface area contributed by atoms with E-state index >= 15 is 0 Å². The summed E-state index contributed by atoms with van der Waals surface area (Å²) >= 11 is 0. The summed E-state index contributed by atoms with van der Waals surface area (Å²) in [5.74, 6) is 0.132. The topological polar surface area (TPSA) is 74.6 Å². The average molecular weight is 390 g/mol. The fourth-order valence-corrected chi connectivity index (χ4v) is 4.63. The van der Waals surface area contributed by atoms with Gasteiger partial charge in [-0.05, 0) is 43.5 Å². The van der Waals surface area contributed by atoms with Crippen LogP contribution >= 0.6 is 0 Å². The van der Waals surface area contributed by atoms with Crippen LogP contribution in [0.1, 0.15) is 36.8 Å². The number of nitrogens with one attached hydrogen (secondary N) is 2. The van der Waals surface area contributed by atoms with Crippen molar-refractivity contribution < 1.29 is 4.79 Å². The van der Waals surface area contributed by atoms with Crippen molar-refractivity contribution in [3.05, 3.63) is 60.0 Å². The van der Waals surface area contributed by atoms with Gasteiger partial charge in [0.25, 0.3) is 0 Å². The first-order valence-corrected chi connectivity index (χ1v) is 10.3. The summed E-state index contributed by atoms with van der Waals surface area (Å²) in [6.45, 7) is 3.37. The molecule has 2 aliphatic heterocycles. The lowest BCUT2D eigenvalue weighted by atomic mass is 9.85. The van der Waals surface area contributed by atoms with Crippen LogP contribution in [0.25, 0.3) is 5.65 Å². The molecule has 3 aromatic rings. The molecule has 2 aromatic heterocycles. The number of nitrogens with zero attached hydrogens (tertiary/aromatic N) is 4. The Balaban J connectivity index is 1.35. The van der Waals surface area contributed by atoms with Crippen LogP contribution in [0, 0.1) is 0 Å². The van der Waals surface area contributed by atoms with Crippen molar-refractivity contribution >= 4 is 17.2 Å². The maximum atomic E-state index is 12.5. The highest BCUT2D eigenvalue weighted by atomic mass is 16.1. The smallest absolute Gasteiger partial charge is 0.222 e. The van der Waals surface area contributed by atoms with Crippen molar-refractivity contribution in [2.75, 3.05) is 18.4 Å². The lowest BCUT2D eigenvalue weighted by Crippen LogP contribution is -2.46. The van der Waals surface area contributed by atoms with Crippen LogP contribution in [0.15, 0.2) is 48.9 Å². The Morgan fingerprint density at radius 2 is 2.07 bits per heavy atom. The summed E-state index contributed by atoms with van der Waals surface area (Å²) < 4.78 is 1.83. The summed E-state index contributed by atoms with van der Waals surface area (Å²) in [5.41, 5.74) is 4.17. The third-order valence-electron chi connectivity index (χ3n) is 6.17. The summed E-state index contributed by atoms with van der Waals surface area (Å²) in [5, 5.41) is 11.3. The quantitative estimate of drug-likeness (QED) is 0.704. The molecular weight excluding hydrogens is 364 g/mol. The second-order valence-electron chi connectivity index (χ2n) is 8.20. The standard InChI is InChI=1S/C22H26N6O/c29-20-13-22(26-19-6-2-1-5-17(19)14-24-20)7-3-10-27(12-8-22)16-18-15-25-28-11-4-9-23-21(18)28/h1-2,4-6,9,11,15,26H,3,7-8,10,12-14,16H2,(H,24,29)/t22-/m1/s1. The predicted octanol–water partition coefficient (Wildman–Crippen LogP) is 2.59. The van der Waals surface area contributed by atoms with Gasteiger partial charge in [0, 0.05) is 55.2 Å². The number of para-hydroxylation sites is 1. The van der Waals surface area contributed by atoms with Crippen LogP contribution in [0.4, 0.5) is 5.69 Å². The molecule has 1 amide bonds. The van der Waals surface area contributed by atoms with Crippen molar-refractivity contribution in [3.8, 4) is 0 Å². The van der Waals surface area contributed by atoms with Crippen LogP contribution in [-0.2, 0) is 17.9 Å². The molecule has 0 unspecified atom stereocenters. The molecule has 7 heteroatoms. The van der Waals surface area contributed by atoms with Gasteiger partial charge in [-0.15, -0.1) is 0 Å². The zero-order valence-electron chi connectivity index (χ0n) is 16.5. The van der Waals surface area contributed by atoms with Crippen LogP contribution in [0.5, 0.6) is 0 Å². The Bertz CT molecular complexity index is 1030. The number of carbonyl (C=O) groups is 1. The van der Waals surface area contributed by atoms with E-state index in [2.05, 4.69) is 43.8 Å². The van der Waals surface area contributed by atoms with Crippen LogP contribution < -0.4 is 10.6 Å².